The molecule has 1 aliphatic heterocycles. The van der Waals surface area contributed by atoms with Gasteiger partial charge in [-0.3, -0.25) is 4.79 Å². The van der Waals surface area contributed by atoms with Gasteiger partial charge in [-0.2, -0.15) is 4.68 Å². The molecule has 1 aromatic carbocycles. The fourth-order valence-corrected chi connectivity index (χ4v) is 2.73. The number of rotatable bonds is 3. The van der Waals surface area contributed by atoms with Gasteiger partial charge in [0, 0.05) is 16.8 Å². The van der Waals surface area contributed by atoms with Crippen molar-refractivity contribution < 1.29 is 9.72 Å². The number of amides is 1. The van der Waals surface area contributed by atoms with Crippen LogP contribution in [-0.4, -0.2) is 31.6 Å². The average molecular weight is 301 g/mol. The monoisotopic (exact) mass is 301 g/mol. The highest BCUT2D eigenvalue weighted by molar-refractivity contribution is 5.95. The molecule has 8 nitrogen and oxygen atoms in total. The van der Waals surface area contributed by atoms with Gasteiger partial charge in [-0.15, -0.1) is 0 Å². The molecule has 1 unspecified atom stereocenters. The number of carbonyl (C=O) groups excluding carboxylic acids is 1. The number of nitro groups is 1. The van der Waals surface area contributed by atoms with E-state index in [1.807, 2.05) is 31.2 Å². The van der Waals surface area contributed by atoms with Crippen LogP contribution in [0.5, 0.6) is 0 Å². The number of benzene rings is 1. The van der Waals surface area contributed by atoms with Gasteiger partial charge < -0.3 is 15.0 Å². The maximum Gasteiger partial charge on any atom is 0.490 e. The Labute approximate surface area is 126 Å². The van der Waals surface area contributed by atoms with Crippen LogP contribution >= 0.6 is 0 Å². The molecular weight excluding hydrogens is 286 g/mol. The minimum absolute atomic E-state index is 0.0699. The molecule has 0 N–H and O–H groups in total. The summed E-state index contributed by atoms with van der Waals surface area (Å²) >= 11 is 0. The first kappa shape index (κ1) is 14.2. The summed E-state index contributed by atoms with van der Waals surface area (Å²) in [7, 11) is 0. The minimum atomic E-state index is -0.681. The summed E-state index contributed by atoms with van der Waals surface area (Å²) in [6.45, 7) is 1.93. The molecule has 1 atom stereocenters. The van der Waals surface area contributed by atoms with Gasteiger partial charge in [-0.05, 0) is 36.3 Å². The largest absolute Gasteiger partial charge is 0.490 e. The topological polar surface area (TPSA) is 94.2 Å². The zero-order valence-corrected chi connectivity index (χ0v) is 12.0. The molecule has 0 saturated carbocycles. The Morgan fingerprint density at radius 1 is 1.45 bits per heavy atom. The van der Waals surface area contributed by atoms with Crippen LogP contribution in [-0.2, 0) is 17.8 Å². The zero-order valence-electron chi connectivity index (χ0n) is 12.0. The molecule has 1 aromatic heterocycles. The third-order valence-corrected chi connectivity index (χ3v) is 3.78. The Bertz CT molecular complexity index is 727. The van der Waals surface area contributed by atoms with E-state index in [0.29, 0.717) is 0 Å². The van der Waals surface area contributed by atoms with E-state index in [9.17, 15) is 14.9 Å². The highest BCUT2D eigenvalue weighted by Crippen LogP contribution is 2.30. The fraction of sp³-hybridized carbons (Fsp3) is 0.357. The molecule has 0 spiro atoms. The van der Waals surface area contributed by atoms with Crippen LogP contribution in [0.1, 0.15) is 18.9 Å². The van der Waals surface area contributed by atoms with Gasteiger partial charge >= 0.3 is 5.95 Å². The lowest BCUT2D eigenvalue weighted by Gasteiger charge is -2.35. The predicted molar refractivity (Wildman–Crippen MR) is 78.4 cm³/mol. The molecule has 1 aliphatic rings. The van der Waals surface area contributed by atoms with Gasteiger partial charge in [0.25, 0.3) is 0 Å². The van der Waals surface area contributed by atoms with Gasteiger partial charge in [0.1, 0.15) is 6.54 Å². The highest BCUT2D eigenvalue weighted by atomic mass is 16.6. The average Bonchev–Trinajstić information content (AvgIpc) is 2.95. The molecular formula is C14H15N5O3. The number of aromatic nitrogens is 3. The quantitative estimate of drug-likeness (QED) is 0.633. The summed E-state index contributed by atoms with van der Waals surface area (Å²) < 4.78 is 1.20. The van der Waals surface area contributed by atoms with E-state index in [2.05, 4.69) is 10.1 Å². The second-order valence-corrected chi connectivity index (χ2v) is 5.28. The van der Waals surface area contributed by atoms with Gasteiger partial charge in [0.15, 0.2) is 0 Å². The number of anilines is 1. The normalized spacial score (nSPS) is 17.1. The van der Waals surface area contributed by atoms with Crippen molar-refractivity contribution in [3.05, 3.63) is 46.3 Å². The van der Waals surface area contributed by atoms with Gasteiger partial charge in [-0.25, -0.2) is 0 Å². The molecule has 22 heavy (non-hydrogen) atoms. The SMILES string of the molecule is CC1CCc2ccccc2N1C(=O)Cn1cnc([N+](=O)[O-])n1. The molecule has 0 saturated heterocycles. The second kappa shape index (κ2) is 5.55. The van der Waals surface area contributed by atoms with Crippen molar-refractivity contribution in [2.45, 2.75) is 32.4 Å². The highest BCUT2D eigenvalue weighted by Gasteiger charge is 2.29. The summed E-state index contributed by atoms with van der Waals surface area (Å²) in [5.41, 5.74) is 2.04. The Hall–Kier alpha value is -2.77. The van der Waals surface area contributed by atoms with Crippen LogP contribution < -0.4 is 4.90 Å². The first-order valence-corrected chi connectivity index (χ1v) is 7.00. The summed E-state index contributed by atoms with van der Waals surface area (Å²) in [6, 6.07) is 7.88. The summed E-state index contributed by atoms with van der Waals surface area (Å²) in [6.07, 6.45) is 3.03. The van der Waals surface area contributed by atoms with Gasteiger partial charge in [0.05, 0.1) is 0 Å². The van der Waals surface area contributed by atoms with E-state index in [1.54, 1.807) is 4.90 Å². The standard InChI is InChI=1S/C14H15N5O3/c1-10-6-7-11-4-2-3-5-12(11)18(10)13(20)8-17-9-15-14(16-17)19(21)22/h2-5,9-10H,6-8H2,1H3. The summed E-state index contributed by atoms with van der Waals surface area (Å²) in [5.74, 6) is -0.653. The van der Waals surface area contributed by atoms with Crippen LogP contribution in [0.2, 0.25) is 0 Å². The van der Waals surface area contributed by atoms with Crippen LogP contribution in [0.25, 0.3) is 0 Å². The summed E-state index contributed by atoms with van der Waals surface area (Å²) in [4.78, 5) is 27.8. The fourth-order valence-electron chi connectivity index (χ4n) is 2.73. The molecule has 2 heterocycles. The van der Waals surface area contributed by atoms with Crippen LogP contribution in [0, 0.1) is 10.1 Å². The predicted octanol–water partition coefficient (Wildman–Crippen LogP) is 1.55. The first-order valence-electron chi connectivity index (χ1n) is 7.00. The van der Waals surface area contributed by atoms with E-state index in [1.165, 1.54) is 11.0 Å². The Morgan fingerprint density at radius 2 is 2.23 bits per heavy atom. The number of para-hydroxylation sites is 1. The number of aryl methyl sites for hydroxylation is 1. The van der Waals surface area contributed by atoms with Crippen LogP contribution in [0.3, 0.4) is 0 Å². The number of nitrogens with zero attached hydrogens (tertiary/aromatic N) is 5. The molecule has 0 aliphatic carbocycles. The Morgan fingerprint density at radius 3 is 2.95 bits per heavy atom. The number of hydrogen-bond donors (Lipinski definition) is 0. The zero-order chi connectivity index (χ0) is 15.7. The van der Waals surface area contributed by atoms with E-state index >= 15 is 0 Å². The third-order valence-electron chi connectivity index (χ3n) is 3.78. The molecule has 0 fully saturated rings. The lowest BCUT2D eigenvalue weighted by molar-refractivity contribution is -0.394. The van der Waals surface area contributed by atoms with E-state index < -0.39 is 10.9 Å². The molecule has 2 aromatic rings. The molecule has 0 bridgehead atoms. The number of carbonyl (C=O) groups is 1. The van der Waals surface area contributed by atoms with Crippen LogP contribution in [0.15, 0.2) is 30.6 Å². The Kier molecular flexibility index (Phi) is 3.58. The van der Waals surface area contributed by atoms with Crippen molar-refractivity contribution in [1.82, 2.24) is 14.8 Å². The smallest absolute Gasteiger partial charge is 0.390 e. The maximum absolute atomic E-state index is 12.6. The molecule has 1 amide bonds. The number of fused-ring (bicyclic) bond motifs is 1. The van der Waals surface area contributed by atoms with Crippen molar-refractivity contribution in [2.24, 2.45) is 0 Å². The first-order chi connectivity index (χ1) is 10.6. The van der Waals surface area contributed by atoms with Crippen molar-refractivity contribution in [3.8, 4) is 0 Å². The molecule has 8 heteroatoms. The van der Waals surface area contributed by atoms with E-state index in [-0.39, 0.29) is 18.5 Å². The van der Waals surface area contributed by atoms with Crippen molar-refractivity contribution in [2.75, 3.05) is 4.90 Å². The number of hydrogen-bond acceptors (Lipinski definition) is 5. The lowest BCUT2D eigenvalue weighted by Crippen LogP contribution is -2.43. The second-order valence-electron chi connectivity index (χ2n) is 5.28. The Balaban J connectivity index is 1.83. The van der Waals surface area contributed by atoms with E-state index in [4.69, 9.17) is 0 Å². The summed E-state index contributed by atoms with van der Waals surface area (Å²) in [5, 5.41) is 14.3. The van der Waals surface area contributed by atoms with Crippen molar-refractivity contribution in [3.63, 3.8) is 0 Å². The lowest BCUT2D eigenvalue weighted by atomic mass is 9.96. The van der Waals surface area contributed by atoms with Crippen LogP contribution in [0.4, 0.5) is 11.6 Å². The van der Waals surface area contributed by atoms with Gasteiger partial charge in [-0.1, -0.05) is 23.2 Å². The van der Waals surface area contributed by atoms with Gasteiger partial charge in [0.2, 0.25) is 12.2 Å². The van der Waals surface area contributed by atoms with Crippen molar-refractivity contribution >= 4 is 17.5 Å². The maximum atomic E-state index is 12.6. The van der Waals surface area contributed by atoms with Crippen molar-refractivity contribution in [1.29, 1.82) is 0 Å². The third kappa shape index (κ3) is 2.54. The van der Waals surface area contributed by atoms with E-state index in [0.717, 1.165) is 24.1 Å². The molecule has 0 radical (unpaired) electrons. The minimum Gasteiger partial charge on any atom is -0.390 e. The molecule has 114 valence electrons. The molecule has 3 rings (SSSR count).